The summed E-state index contributed by atoms with van der Waals surface area (Å²) in [6.45, 7) is 4.62. The van der Waals surface area contributed by atoms with Crippen molar-refractivity contribution in [2.45, 2.75) is 19.3 Å². The van der Waals surface area contributed by atoms with Gasteiger partial charge in [0.25, 0.3) is 0 Å². The van der Waals surface area contributed by atoms with Gasteiger partial charge in [-0.2, -0.15) is 4.98 Å². The van der Waals surface area contributed by atoms with Crippen LogP contribution in [0.5, 0.6) is 0 Å². The molecule has 0 saturated carbocycles. The highest BCUT2D eigenvalue weighted by atomic mass is 16.4. The fourth-order valence-corrected chi connectivity index (χ4v) is 5.43. The lowest BCUT2D eigenvalue weighted by atomic mass is 9.82. The number of imidazole rings is 1. The maximum atomic E-state index is 6.15. The number of hydrogen-bond donors (Lipinski definition) is 0. The molecule has 0 N–H and O–H groups in total. The fraction of sp³-hybridized carbons (Fsp3) is 0.100. The number of hydrogen-bond acceptors (Lipinski definition) is 2. The second-order valence-electron chi connectivity index (χ2n) is 9.29. The Morgan fingerprint density at radius 2 is 1.42 bits per heavy atom. The lowest BCUT2D eigenvalue weighted by molar-refractivity contribution is 0.642. The van der Waals surface area contributed by atoms with E-state index in [0.29, 0.717) is 5.84 Å². The minimum absolute atomic E-state index is 0.0551. The number of oxazole rings is 1. The minimum atomic E-state index is -0.0551. The zero-order valence-electron chi connectivity index (χ0n) is 18.5. The van der Waals surface area contributed by atoms with E-state index >= 15 is 0 Å². The van der Waals surface area contributed by atoms with E-state index in [4.69, 9.17) is 9.40 Å². The molecule has 0 spiro atoms. The van der Waals surface area contributed by atoms with Crippen LogP contribution in [-0.2, 0) is 5.41 Å². The maximum Gasteiger partial charge on any atom is 0.307 e. The number of aromatic nitrogens is 2. The molecule has 0 bridgehead atoms. The molecule has 1 aliphatic rings. The van der Waals surface area contributed by atoms with Crippen LogP contribution in [-0.4, -0.2) is 9.38 Å². The summed E-state index contributed by atoms with van der Waals surface area (Å²) in [5.74, 6) is 0.619. The zero-order chi connectivity index (χ0) is 22.2. The van der Waals surface area contributed by atoms with Crippen LogP contribution in [0.1, 0.15) is 25.0 Å². The van der Waals surface area contributed by atoms with Gasteiger partial charge in [0.05, 0.1) is 11.2 Å². The van der Waals surface area contributed by atoms with Gasteiger partial charge in [0.1, 0.15) is 5.69 Å². The predicted octanol–water partition coefficient (Wildman–Crippen LogP) is 7.72. The molecule has 0 amide bonds. The van der Waals surface area contributed by atoms with E-state index in [9.17, 15) is 0 Å². The molecule has 0 atom stereocenters. The second-order valence-corrected chi connectivity index (χ2v) is 9.29. The van der Waals surface area contributed by atoms with Crippen molar-refractivity contribution in [3.05, 3.63) is 108 Å². The molecule has 0 saturated heterocycles. The first kappa shape index (κ1) is 18.5. The van der Waals surface area contributed by atoms with Crippen LogP contribution < -0.4 is 0 Å². The van der Waals surface area contributed by atoms with Gasteiger partial charge in [0, 0.05) is 16.5 Å². The van der Waals surface area contributed by atoms with E-state index in [0.717, 1.165) is 33.6 Å². The lowest BCUT2D eigenvalue weighted by Gasteiger charge is -2.21. The van der Waals surface area contributed by atoms with Gasteiger partial charge in [-0.05, 0) is 40.5 Å². The third-order valence-corrected chi connectivity index (χ3v) is 7.06. The minimum Gasteiger partial charge on any atom is -0.423 e. The van der Waals surface area contributed by atoms with Crippen molar-refractivity contribution < 1.29 is 4.42 Å². The highest BCUT2D eigenvalue weighted by Crippen LogP contribution is 2.50. The van der Waals surface area contributed by atoms with Crippen LogP contribution in [0.3, 0.4) is 0 Å². The van der Waals surface area contributed by atoms with Crippen LogP contribution >= 0.6 is 0 Å². The Balaban J connectivity index is 1.52. The van der Waals surface area contributed by atoms with Crippen LogP contribution in [0.4, 0.5) is 0 Å². The Hall–Kier alpha value is -4.11. The van der Waals surface area contributed by atoms with Gasteiger partial charge in [-0.15, -0.1) is 0 Å². The molecule has 1 aliphatic carbocycles. The summed E-state index contributed by atoms with van der Waals surface area (Å²) < 4.78 is 8.30. The Labute approximate surface area is 192 Å². The first-order chi connectivity index (χ1) is 16.1. The van der Waals surface area contributed by atoms with Crippen molar-refractivity contribution >= 4 is 16.9 Å². The summed E-state index contributed by atoms with van der Waals surface area (Å²) in [7, 11) is 0. The van der Waals surface area contributed by atoms with E-state index < -0.39 is 0 Å². The van der Waals surface area contributed by atoms with Crippen molar-refractivity contribution in [1.82, 2.24) is 9.38 Å². The summed E-state index contributed by atoms with van der Waals surface area (Å²) in [5, 5.41) is 0. The summed E-state index contributed by atoms with van der Waals surface area (Å²) in [6, 6.07) is 34.1. The highest BCUT2D eigenvalue weighted by molar-refractivity contribution is 5.90. The third kappa shape index (κ3) is 2.48. The number of fused-ring (bicyclic) bond motifs is 6. The average molecular weight is 427 g/mol. The Bertz CT molecular complexity index is 1690. The molecule has 0 radical (unpaired) electrons. The molecule has 3 nitrogen and oxygen atoms in total. The van der Waals surface area contributed by atoms with Gasteiger partial charge in [0.2, 0.25) is 0 Å². The zero-order valence-corrected chi connectivity index (χ0v) is 18.5. The molecule has 33 heavy (non-hydrogen) atoms. The fourth-order valence-electron chi connectivity index (χ4n) is 5.43. The number of para-hydroxylation sites is 2. The lowest BCUT2D eigenvalue weighted by Crippen LogP contribution is -2.14. The third-order valence-electron chi connectivity index (χ3n) is 7.06. The summed E-state index contributed by atoms with van der Waals surface area (Å²) in [5.41, 5.74) is 11.4. The standard InChI is InChI=1S/C30H22N2O/c1-30(2)23-13-7-6-12-21(23)22-17-16-20(18-24(22)30)27-28(19-10-4-3-5-11-19)32-25-14-8-9-15-26(25)33-29(32)31-27/h3-18H,1-2H3. The van der Waals surface area contributed by atoms with E-state index in [2.05, 4.69) is 91.0 Å². The summed E-state index contributed by atoms with van der Waals surface area (Å²) in [4.78, 5) is 5.02. The molecule has 2 heterocycles. The topological polar surface area (TPSA) is 30.4 Å². The van der Waals surface area contributed by atoms with Crippen molar-refractivity contribution in [3.63, 3.8) is 0 Å². The smallest absolute Gasteiger partial charge is 0.307 e. The van der Waals surface area contributed by atoms with E-state index in [1.165, 1.54) is 22.3 Å². The summed E-state index contributed by atoms with van der Waals surface area (Å²) >= 11 is 0. The predicted molar refractivity (Wildman–Crippen MR) is 133 cm³/mol. The Kier molecular flexibility index (Phi) is 3.61. The van der Waals surface area contributed by atoms with Gasteiger partial charge >= 0.3 is 5.84 Å². The van der Waals surface area contributed by atoms with Gasteiger partial charge in [-0.25, -0.2) is 0 Å². The molecular formula is C30H22N2O. The van der Waals surface area contributed by atoms with Crippen molar-refractivity contribution in [1.29, 1.82) is 0 Å². The first-order valence-electron chi connectivity index (χ1n) is 11.3. The molecule has 158 valence electrons. The SMILES string of the molecule is CC1(C)c2ccccc2-c2ccc(-c3nc4oc5ccccc5n4c3-c3ccccc3)cc21. The summed E-state index contributed by atoms with van der Waals surface area (Å²) in [6.07, 6.45) is 0. The van der Waals surface area contributed by atoms with Gasteiger partial charge in [-0.1, -0.05) is 92.7 Å². The van der Waals surface area contributed by atoms with Crippen molar-refractivity contribution in [3.8, 4) is 33.6 Å². The maximum absolute atomic E-state index is 6.15. The van der Waals surface area contributed by atoms with Crippen LogP contribution in [0.15, 0.2) is 101 Å². The molecule has 2 aromatic heterocycles. The van der Waals surface area contributed by atoms with Crippen LogP contribution in [0.2, 0.25) is 0 Å². The molecule has 7 rings (SSSR count). The van der Waals surface area contributed by atoms with E-state index in [1.807, 2.05) is 24.3 Å². The highest BCUT2D eigenvalue weighted by Gasteiger charge is 2.35. The van der Waals surface area contributed by atoms with Gasteiger partial charge in [0.15, 0.2) is 5.58 Å². The Morgan fingerprint density at radius 3 is 2.30 bits per heavy atom. The molecule has 6 aromatic rings. The molecule has 0 aliphatic heterocycles. The van der Waals surface area contributed by atoms with Crippen molar-refractivity contribution in [2.75, 3.05) is 0 Å². The largest absolute Gasteiger partial charge is 0.423 e. The molecule has 3 heteroatoms. The monoisotopic (exact) mass is 426 g/mol. The first-order valence-corrected chi connectivity index (χ1v) is 11.3. The number of rotatable bonds is 2. The number of nitrogens with zero attached hydrogens (tertiary/aromatic N) is 2. The Morgan fingerprint density at radius 1 is 0.697 bits per heavy atom. The van der Waals surface area contributed by atoms with Gasteiger partial charge in [-0.3, -0.25) is 4.40 Å². The second kappa shape index (κ2) is 6.46. The van der Waals surface area contributed by atoms with Crippen LogP contribution in [0.25, 0.3) is 50.6 Å². The normalized spacial score (nSPS) is 14.0. The van der Waals surface area contributed by atoms with E-state index in [-0.39, 0.29) is 5.41 Å². The quantitative estimate of drug-likeness (QED) is 0.284. The van der Waals surface area contributed by atoms with Crippen molar-refractivity contribution in [2.24, 2.45) is 0 Å². The number of benzene rings is 4. The molecule has 4 aromatic carbocycles. The average Bonchev–Trinajstić information content (AvgIpc) is 3.47. The molecule has 0 unspecified atom stereocenters. The molecule has 0 fully saturated rings. The van der Waals surface area contributed by atoms with Gasteiger partial charge < -0.3 is 4.42 Å². The van der Waals surface area contributed by atoms with E-state index in [1.54, 1.807) is 0 Å². The molecular weight excluding hydrogens is 404 g/mol. The van der Waals surface area contributed by atoms with Crippen LogP contribution in [0, 0.1) is 0 Å².